The molecule has 0 unspecified atom stereocenters. The van der Waals surface area contributed by atoms with Gasteiger partial charge >= 0.3 is 0 Å². The van der Waals surface area contributed by atoms with Crippen molar-refractivity contribution in [2.45, 2.75) is 5.88 Å². The van der Waals surface area contributed by atoms with Crippen molar-refractivity contribution in [2.24, 2.45) is 0 Å². The molecule has 0 saturated carbocycles. The first-order chi connectivity index (χ1) is 9.36. The SMILES string of the molecule is COCCOCCOCCOc1cncc(CCl)n1. The van der Waals surface area contributed by atoms with Crippen molar-refractivity contribution in [3.8, 4) is 5.88 Å². The second kappa shape index (κ2) is 10.9. The molecule has 6 nitrogen and oxygen atoms in total. The number of ether oxygens (including phenoxy) is 4. The third kappa shape index (κ3) is 7.94. The van der Waals surface area contributed by atoms with Crippen LogP contribution in [0.4, 0.5) is 0 Å². The molecule has 0 N–H and O–H groups in total. The highest BCUT2D eigenvalue weighted by Crippen LogP contribution is 2.06. The Bertz CT molecular complexity index is 341. The van der Waals surface area contributed by atoms with E-state index in [9.17, 15) is 0 Å². The van der Waals surface area contributed by atoms with E-state index in [0.717, 1.165) is 0 Å². The topological polar surface area (TPSA) is 62.7 Å². The summed E-state index contributed by atoms with van der Waals surface area (Å²) in [6.45, 7) is 3.14. The van der Waals surface area contributed by atoms with Crippen LogP contribution in [-0.4, -0.2) is 56.7 Å². The van der Waals surface area contributed by atoms with Crippen LogP contribution in [-0.2, 0) is 20.1 Å². The Morgan fingerprint density at radius 1 is 1.00 bits per heavy atom. The lowest BCUT2D eigenvalue weighted by molar-refractivity contribution is 0.0176. The summed E-state index contributed by atoms with van der Waals surface area (Å²) < 4.78 is 20.8. The van der Waals surface area contributed by atoms with E-state index < -0.39 is 0 Å². The number of aromatic nitrogens is 2. The number of alkyl halides is 1. The van der Waals surface area contributed by atoms with Crippen molar-refractivity contribution in [1.82, 2.24) is 9.97 Å². The average molecular weight is 291 g/mol. The van der Waals surface area contributed by atoms with Crippen molar-refractivity contribution in [3.63, 3.8) is 0 Å². The first kappa shape index (κ1) is 16.1. The quantitative estimate of drug-likeness (QED) is 0.452. The third-order valence-electron chi connectivity index (χ3n) is 2.08. The van der Waals surface area contributed by atoms with Gasteiger partial charge in [0, 0.05) is 13.3 Å². The zero-order valence-corrected chi connectivity index (χ0v) is 11.8. The van der Waals surface area contributed by atoms with Gasteiger partial charge < -0.3 is 18.9 Å². The Kier molecular flexibility index (Phi) is 9.26. The van der Waals surface area contributed by atoms with Crippen LogP contribution in [0, 0.1) is 0 Å². The third-order valence-corrected chi connectivity index (χ3v) is 2.35. The number of nitrogens with zero attached hydrogens (tertiary/aromatic N) is 2. The molecule has 7 heteroatoms. The number of methoxy groups -OCH3 is 1. The van der Waals surface area contributed by atoms with Crippen LogP contribution in [0.15, 0.2) is 12.4 Å². The summed E-state index contributed by atoms with van der Waals surface area (Å²) in [5.41, 5.74) is 0.687. The number of hydrogen-bond acceptors (Lipinski definition) is 6. The second-order valence-corrected chi connectivity index (χ2v) is 3.82. The molecule has 0 bridgehead atoms. The highest BCUT2D eigenvalue weighted by atomic mass is 35.5. The largest absolute Gasteiger partial charge is 0.474 e. The minimum atomic E-state index is 0.319. The summed E-state index contributed by atoms with van der Waals surface area (Å²) >= 11 is 5.65. The van der Waals surface area contributed by atoms with Crippen LogP contribution in [0.25, 0.3) is 0 Å². The lowest BCUT2D eigenvalue weighted by Gasteiger charge is -2.07. The lowest BCUT2D eigenvalue weighted by Crippen LogP contribution is -2.12. The molecule has 0 amide bonds. The monoisotopic (exact) mass is 290 g/mol. The van der Waals surface area contributed by atoms with Crippen LogP contribution in [0.1, 0.15) is 5.69 Å². The van der Waals surface area contributed by atoms with E-state index in [-0.39, 0.29) is 0 Å². The van der Waals surface area contributed by atoms with E-state index >= 15 is 0 Å². The fourth-order valence-corrected chi connectivity index (χ4v) is 1.32. The summed E-state index contributed by atoms with van der Waals surface area (Å²) in [6, 6.07) is 0. The second-order valence-electron chi connectivity index (χ2n) is 3.55. The molecule has 19 heavy (non-hydrogen) atoms. The van der Waals surface area contributed by atoms with Crippen LogP contribution < -0.4 is 4.74 Å². The summed E-state index contributed by atoms with van der Waals surface area (Å²) in [6.07, 6.45) is 3.15. The predicted molar refractivity (Wildman–Crippen MR) is 70.6 cm³/mol. The Labute approximate surface area is 118 Å². The average Bonchev–Trinajstić information content (AvgIpc) is 2.46. The van der Waals surface area contributed by atoms with Gasteiger partial charge in [-0.25, -0.2) is 4.98 Å². The Morgan fingerprint density at radius 2 is 1.68 bits per heavy atom. The van der Waals surface area contributed by atoms with Gasteiger partial charge in [-0.3, -0.25) is 4.98 Å². The minimum Gasteiger partial charge on any atom is -0.474 e. The van der Waals surface area contributed by atoms with Gasteiger partial charge in [0.1, 0.15) is 6.61 Å². The highest BCUT2D eigenvalue weighted by Gasteiger charge is 1.98. The normalized spacial score (nSPS) is 10.6. The Hall–Kier alpha value is -0.950. The van der Waals surface area contributed by atoms with E-state index in [2.05, 4.69) is 9.97 Å². The maximum atomic E-state index is 5.65. The fourth-order valence-electron chi connectivity index (χ4n) is 1.19. The fraction of sp³-hybridized carbons (Fsp3) is 0.667. The van der Waals surface area contributed by atoms with E-state index in [1.807, 2.05) is 0 Å². The molecular weight excluding hydrogens is 272 g/mol. The number of hydrogen-bond donors (Lipinski definition) is 0. The van der Waals surface area contributed by atoms with Gasteiger partial charge in [-0.15, -0.1) is 11.6 Å². The summed E-state index contributed by atoms with van der Waals surface area (Å²) in [4.78, 5) is 8.12. The molecule has 1 aromatic rings. The summed E-state index contributed by atoms with van der Waals surface area (Å²) in [5, 5.41) is 0. The lowest BCUT2D eigenvalue weighted by atomic mass is 10.5. The van der Waals surface area contributed by atoms with Gasteiger partial charge in [0.2, 0.25) is 5.88 Å². The zero-order chi connectivity index (χ0) is 13.8. The first-order valence-corrected chi connectivity index (χ1v) is 6.54. The van der Waals surface area contributed by atoms with E-state index in [4.69, 9.17) is 30.5 Å². The maximum Gasteiger partial charge on any atom is 0.232 e. The molecule has 0 aliphatic heterocycles. The Morgan fingerprint density at radius 3 is 2.37 bits per heavy atom. The molecule has 0 fully saturated rings. The summed E-state index contributed by atoms with van der Waals surface area (Å²) in [5.74, 6) is 0.776. The van der Waals surface area contributed by atoms with Crippen molar-refractivity contribution >= 4 is 11.6 Å². The van der Waals surface area contributed by atoms with Crippen LogP contribution >= 0.6 is 11.6 Å². The van der Waals surface area contributed by atoms with Crippen molar-refractivity contribution in [1.29, 1.82) is 0 Å². The van der Waals surface area contributed by atoms with Crippen LogP contribution in [0.2, 0.25) is 0 Å². The van der Waals surface area contributed by atoms with E-state index in [1.54, 1.807) is 19.5 Å². The van der Waals surface area contributed by atoms with Gasteiger partial charge in [0.25, 0.3) is 0 Å². The summed E-state index contributed by atoms with van der Waals surface area (Å²) in [7, 11) is 1.64. The van der Waals surface area contributed by atoms with Crippen molar-refractivity contribution in [2.75, 3.05) is 46.8 Å². The number of halogens is 1. The van der Waals surface area contributed by atoms with Crippen molar-refractivity contribution in [3.05, 3.63) is 18.1 Å². The van der Waals surface area contributed by atoms with Gasteiger partial charge in [-0.05, 0) is 0 Å². The van der Waals surface area contributed by atoms with Crippen molar-refractivity contribution < 1.29 is 18.9 Å². The Balaban J connectivity index is 1.98. The molecule has 1 rings (SSSR count). The molecule has 1 heterocycles. The highest BCUT2D eigenvalue weighted by molar-refractivity contribution is 6.16. The molecular formula is C12H19ClN2O4. The molecule has 0 aromatic carbocycles. The standard InChI is InChI=1S/C12H19ClN2O4/c1-16-2-3-17-4-5-18-6-7-19-12-10-14-9-11(8-13)15-12/h9-10H,2-8H2,1H3. The van der Waals surface area contributed by atoms with Gasteiger partial charge in [0.05, 0.1) is 50.8 Å². The molecule has 0 spiro atoms. The van der Waals surface area contributed by atoms with Gasteiger partial charge in [-0.2, -0.15) is 0 Å². The molecule has 1 aromatic heterocycles. The first-order valence-electron chi connectivity index (χ1n) is 6.01. The predicted octanol–water partition coefficient (Wildman–Crippen LogP) is 1.27. The molecule has 0 aliphatic carbocycles. The van der Waals surface area contributed by atoms with Gasteiger partial charge in [-0.1, -0.05) is 0 Å². The zero-order valence-electron chi connectivity index (χ0n) is 11.0. The molecule has 0 aliphatic rings. The van der Waals surface area contributed by atoms with E-state index in [0.29, 0.717) is 57.1 Å². The van der Waals surface area contributed by atoms with Gasteiger partial charge in [0.15, 0.2) is 0 Å². The van der Waals surface area contributed by atoms with Crippen LogP contribution in [0.5, 0.6) is 5.88 Å². The molecule has 0 atom stereocenters. The maximum absolute atomic E-state index is 5.65. The molecule has 0 radical (unpaired) electrons. The van der Waals surface area contributed by atoms with E-state index in [1.165, 1.54) is 0 Å². The minimum absolute atomic E-state index is 0.319. The van der Waals surface area contributed by atoms with Crippen LogP contribution in [0.3, 0.4) is 0 Å². The molecule has 0 saturated heterocycles. The smallest absolute Gasteiger partial charge is 0.232 e. The molecule has 108 valence electrons. The number of rotatable bonds is 11.